The molecule has 0 bridgehead atoms. The van der Waals surface area contributed by atoms with Crippen molar-refractivity contribution in [1.82, 2.24) is 9.97 Å². The third-order valence-corrected chi connectivity index (χ3v) is 6.01. The number of nitrogens with one attached hydrogen (secondary N) is 1. The SMILES string of the molecule is COC(=O)c1cc(Nc2cc3c(c(-c4cc5ccccc5s4)c2)CN=C3)nc(N)n1. The van der Waals surface area contributed by atoms with Crippen LogP contribution in [-0.2, 0) is 11.3 Å². The number of carbonyl (C=O) groups excluding carboxylic acids is 1. The van der Waals surface area contributed by atoms with Crippen LogP contribution in [0, 0.1) is 0 Å². The van der Waals surface area contributed by atoms with Gasteiger partial charge in [0.1, 0.15) is 5.82 Å². The molecule has 0 radical (unpaired) electrons. The van der Waals surface area contributed by atoms with E-state index in [1.54, 1.807) is 11.3 Å². The summed E-state index contributed by atoms with van der Waals surface area (Å²) in [5.41, 5.74) is 10.1. The summed E-state index contributed by atoms with van der Waals surface area (Å²) in [7, 11) is 1.30. The number of nitrogens with two attached hydrogens (primary N) is 1. The maximum atomic E-state index is 11.8. The molecule has 5 rings (SSSR count). The van der Waals surface area contributed by atoms with Crippen LogP contribution in [0.25, 0.3) is 20.5 Å². The van der Waals surface area contributed by atoms with Crippen molar-refractivity contribution >= 4 is 51.1 Å². The van der Waals surface area contributed by atoms with Crippen molar-refractivity contribution in [3.8, 4) is 10.4 Å². The van der Waals surface area contributed by atoms with Gasteiger partial charge < -0.3 is 15.8 Å². The van der Waals surface area contributed by atoms with Gasteiger partial charge >= 0.3 is 5.97 Å². The van der Waals surface area contributed by atoms with Gasteiger partial charge in [-0.25, -0.2) is 9.78 Å². The molecule has 0 saturated heterocycles. The van der Waals surface area contributed by atoms with Gasteiger partial charge in [-0.3, -0.25) is 4.99 Å². The molecule has 0 unspecified atom stereocenters. The van der Waals surface area contributed by atoms with Gasteiger partial charge in [-0.05, 0) is 40.8 Å². The average Bonchev–Trinajstić information content (AvgIpc) is 3.38. The number of esters is 1. The van der Waals surface area contributed by atoms with E-state index in [1.807, 2.05) is 24.4 Å². The second-order valence-electron chi connectivity index (χ2n) is 6.82. The lowest BCUT2D eigenvalue weighted by atomic mass is 10.0. The summed E-state index contributed by atoms with van der Waals surface area (Å²) in [6, 6.07) is 16.1. The zero-order valence-electron chi connectivity index (χ0n) is 16.0. The van der Waals surface area contributed by atoms with Crippen molar-refractivity contribution in [2.75, 3.05) is 18.2 Å². The minimum Gasteiger partial charge on any atom is -0.464 e. The van der Waals surface area contributed by atoms with Gasteiger partial charge in [-0.1, -0.05) is 18.2 Å². The Morgan fingerprint density at radius 1 is 1.17 bits per heavy atom. The van der Waals surface area contributed by atoms with Crippen LogP contribution in [0.5, 0.6) is 0 Å². The summed E-state index contributed by atoms with van der Waals surface area (Å²) in [6.45, 7) is 0.659. The van der Waals surface area contributed by atoms with Crippen molar-refractivity contribution in [3.63, 3.8) is 0 Å². The molecule has 0 aliphatic carbocycles. The maximum absolute atomic E-state index is 11.8. The quantitative estimate of drug-likeness (QED) is 0.479. The zero-order valence-corrected chi connectivity index (χ0v) is 16.9. The number of nitrogen functional groups attached to an aromatic ring is 1. The number of methoxy groups -OCH3 is 1. The molecule has 0 atom stereocenters. The number of nitrogens with zero attached hydrogens (tertiary/aromatic N) is 3. The molecule has 8 heteroatoms. The Morgan fingerprint density at radius 2 is 2.03 bits per heavy atom. The average molecular weight is 415 g/mol. The second-order valence-corrected chi connectivity index (χ2v) is 7.91. The largest absolute Gasteiger partial charge is 0.464 e. The molecule has 1 aliphatic heterocycles. The van der Waals surface area contributed by atoms with E-state index in [2.05, 4.69) is 44.5 Å². The highest BCUT2D eigenvalue weighted by Crippen LogP contribution is 2.39. The Balaban J connectivity index is 1.57. The number of hydrogen-bond donors (Lipinski definition) is 2. The first kappa shape index (κ1) is 18.3. The fraction of sp³-hybridized carbons (Fsp3) is 0.0909. The highest BCUT2D eigenvalue weighted by molar-refractivity contribution is 7.22. The Bertz CT molecular complexity index is 1300. The first-order chi connectivity index (χ1) is 14.6. The van der Waals surface area contributed by atoms with Crippen molar-refractivity contribution in [2.24, 2.45) is 4.99 Å². The fourth-order valence-corrected chi connectivity index (χ4v) is 4.62. The molecule has 7 nitrogen and oxygen atoms in total. The van der Waals surface area contributed by atoms with Gasteiger partial charge in [-0.2, -0.15) is 4.98 Å². The first-order valence-electron chi connectivity index (χ1n) is 9.26. The Kier molecular flexibility index (Phi) is 4.40. The normalized spacial score (nSPS) is 12.2. The molecule has 0 saturated carbocycles. The summed E-state index contributed by atoms with van der Waals surface area (Å²) in [5.74, 6) is -0.160. The monoisotopic (exact) mass is 415 g/mol. The number of aromatic nitrogens is 2. The lowest BCUT2D eigenvalue weighted by Crippen LogP contribution is -2.09. The smallest absolute Gasteiger partial charge is 0.356 e. The van der Waals surface area contributed by atoms with Crippen LogP contribution in [-0.4, -0.2) is 29.3 Å². The number of fused-ring (bicyclic) bond motifs is 2. The predicted molar refractivity (Wildman–Crippen MR) is 120 cm³/mol. The highest BCUT2D eigenvalue weighted by Gasteiger charge is 2.18. The summed E-state index contributed by atoms with van der Waals surface area (Å²) in [5, 5.41) is 4.46. The van der Waals surface area contributed by atoms with Crippen LogP contribution in [0.2, 0.25) is 0 Å². The van der Waals surface area contributed by atoms with E-state index < -0.39 is 5.97 Å². The van der Waals surface area contributed by atoms with E-state index in [0.29, 0.717) is 12.4 Å². The molecular formula is C22H17N5O2S. The molecule has 1 aliphatic rings. The molecule has 0 spiro atoms. The summed E-state index contributed by atoms with van der Waals surface area (Å²) < 4.78 is 5.97. The van der Waals surface area contributed by atoms with E-state index in [4.69, 9.17) is 10.5 Å². The number of rotatable bonds is 4. The van der Waals surface area contributed by atoms with Gasteiger partial charge in [-0.15, -0.1) is 11.3 Å². The topological polar surface area (TPSA) is 102 Å². The first-order valence-corrected chi connectivity index (χ1v) is 10.1. The van der Waals surface area contributed by atoms with Gasteiger partial charge in [0.15, 0.2) is 5.69 Å². The van der Waals surface area contributed by atoms with Crippen LogP contribution in [0.15, 0.2) is 53.5 Å². The molecule has 3 heterocycles. The van der Waals surface area contributed by atoms with Crippen LogP contribution in [0.3, 0.4) is 0 Å². The van der Waals surface area contributed by atoms with E-state index in [1.165, 1.54) is 33.7 Å². The maximum Gasteiger partial charge on any atom is 0.356 e. The molecule has 2 aromatic carbocycles. The van der Waals surface area contributed by atoms with E-state index >= 15 is 0 Å². The highest BCUT2D eigenvalue weighted by atomic mass is 32.1. The number of thiophene rings is 1. The molecule has 148 valence electrons. The summed E-state index contributed by atoms with van der Waals surface area (Å²) in [6.07, 6.45) is 1.88. The van der Waals surface area contributed by atoms with E-state index in [0.717, 1.165) is 16.8 Å². The minimum absolute atomic E-state index is 0.00662. The molecule has 0 fully saturated rings. The molecule has 0 amide bonds. The summed E-state index contributed by atoms with van der Waals surface area (Å²) in [4.78, 5) is 25.6. The number of anilines is 3. The Labute approximate surface area is 176 Å². The van der Waals surface area contributed by atoms with Crippen molar-refractivity contribution in [1.29, 1.82) is 0 Å². The van der Waals surface area contributed by atoms with Gasteiger partial charge in [0, 0.05) is 33.1 Å². The molecule has 30 heavy (non-hydrogen) atoms. The molecule has 4 aromatic rings. The third-order valence-electron chi connectivity index (χ3n) is 4.87. The minimum atomic E-state index is -0.570. The van der Waals surface area contributed by atoms with Crippen LogP contribution in [0.1, 0.15) is 21.6 Å². The number of hydrogen-bond acceptors (Lipinski definition) is 8. The lowest BCUT2D eigenvalue weighted by Gasteiger charge is -2.12. The lowest BCUT2D eigenvalue weighted by molar-refractivity contribution is 0.0594. The van der Waals surface area contributed by atoms with E-state index in [9.17, 15) is 4.79 Å². The molecular weight excluding hydrogens is 398 g/mol. The fourth-order valence-electron chi connectivity index (χ4n) is 3.51. The van der Waals surface area contributed by atoms with Gasteiger partial charge in [0.05, 0.1) is 13.7 Å². The predicted octanol–water partition coefficient (Wildman–Crippen LogP) is 4.40. The van der Waals surface area contributed by atoms with Crippen LogP contribution < -0.4 is 11.1 Å². The number of benzene rings is 2. The van der Waals surface area contributed by atoms with Crippen molar-refractivity contribution in [2.45, 2.75) is 6.54 Å². The van der Waals surface area contributed by atoms with Crippen LogP contribution in [0.4, 0.5) is 17.5 Å². The molecule has 2 aromatic heterocycles. The van der Waals surface area contributed by atoms with Gasteiger partial charge in [0.25, 0.3) is 0 Å². The van der Waals surface area contributed by atoms with Crippen LogP contribution >= 0.6 is 11.3 Å². The van der Waals surface area contributed by atoms with E-state index in [-0.39, 0.29) is 11.6 Å². The third kappa shape index (κ3) is 3.27. The Morgan fingerprint density at radius 3 is 2.87 bits per heavy atom. The number of aliphatic imine (C=N–C) groups is 1. The molecule has 3 N–H and O–H groups in total. The number of ether oxygens (including phenoxy) is 1. The standard InChI is InChI=1S/C22H17N5O2S/c1-29-21(28)17-9-20(27-22(23)26-17)25-14-6-13-10-24-11-16(13)15(8-14)19-7-12-4-2-3-5-18(12)30-19/h2-10H,11H2,1H3,(H3,23,25,26,27). The summed E-state index contributed by atoms with van der Waals surface area (Å²) >= 11 is 1.75. The van der Waals surface area contributed by atoms with Gasteiger partial charge in [0.2, 0.25) is 5.95 Å². The van der Waals surface area contributed by atoms with Crippen molar-refractivity contribution < 1.29 is 9.53 Å². The zero-order chi connectivity index (χ0) is 20.7. The van der Waals surface area contributed by atoms with Crippen molar-refractivity contribution in [3.05, 3.63) is 65.4 Å². The Hall–Kier alpha value is -3.78. The second kappa shape index (κ2) is 7.23. The number of carbonyl (C=O) groups is 1.